The van der Waals surface area contributed by atoms with Gasteiger partial charge in [0.25, 0.3) is 5.56 Å². The van der Waals surface area contributed by atoms with E-state index in [0.29, 0.717) is 5.69 Å². The summed E-state index contributed by atoms with van der Waals surface area (Å²) < 4.78 is 1.30. The Balaban J connectivity index is 1.72. The highest BCUT2D eigenvalue weighted by molar-refractivity contribution is 5.90. The van der Waals surface area contributed by atoms with Crippen molar-refractivity contribution >= 4 is 17.3 Å². The molecule has 0 unspecified atom stereocenters. The van der Waals surface area contributed by atoms with Gasteiger partial charge in [0.2, 0.25) is 5.91 Å². The smallest absolute Gasteiger partial charge is 0.251 e. The fraction of sp³-hybridized carbons (Fsp3) is 0.250. The first-order valence-corrected chi connectivity index (χ1v) is 6.99. The number of nitrogen functional groups attached to an aromatic ring is 1. The van der Waals surface area contributed by atoms with Crippen LogP contribution < -0.4 is 16.6 Å². The third-order valence-electron chi connectivity index (χ3n) is 3.70. The zero-order valence-corrected chi connectivity index (χ0v) is 11.6. The lowest BCUT2D eigenvalue weighted by Gasteiger charge is -2.09. The first-order chi connectivity index (χ1) is 10.1. The number of benzene rings is 1. The largest absolute Gasteiger partial charge is 0.398 e. The molecule has 0 aliphatic heterocycles. The summed E-state index contributed by atoms with van der Waals surface area (Å²) in [7, 11) is 0. The lowest BCUT2D eigenvalue weighted by molar-refractivity contribution is -0.116. The maximum absolute atomic E-state index is 12.0. The van der Waals surface area contributed by atoms with E-state index in [4.69, 9.17) is 5.73 Å². The zero-order valence-electron chi connectivity index (χ0n) is 11.6. The molecule has 0 spiro atoms. The van der Waals surface area contributed by atoms with Crippen LogP contribution in [0.2, 0.25) is 0 Å². The van der Waals surface area contributed by atoms with Crippen molar-refractivity contribution in [1.82, 2.24) is 4.57 Å². The molecule has 3 N–H and O–H groups in total. The van der Waals surface area contributed by atoms with Gasteiger partial charge in [0.15, 0.2) is 0 Å². The summed E-state index contributed by atoms with van der Waals surface area (Å²) in [6, 6.07) is 8.87. The topological polar surface area (TPSA) is 77.1 Å². The molecule has 0 saturated heterocycles. The van der Waals surface area contributed by atoms with Crippen LogP contribution in [0.3, 0.4) is 0 Å². The van der Waals surface area contributed by atoms with E-state index in [9.17, 15) is 9.59 Å². The number of aromatic nitrogens is 1. The van der Waals surface area contributed by atoms with Crippen molar-refractivity contribution in [3.8, 4) is 0 Å². The number of fused-ring (bicyclic) bond motifs is 1. The van der Waals surface area contributed by atoms with Crippen LogP contribution in [0.15, 0.2) is 41.3 Å². The second kappa shape index (κ2) is 5.44. The van der Waals surface area contributed by atoms with Gasteiger partial charge in [-0.25, -0.2) is 0 Å². The summed E-state index contributed by atoms with van der Waals surface area (Å²) in [6.07, 6.45) is 4.83. The second-order valence-electron chi connectivity index (χ2n) is 5.31. The minimum atomic E-state index is -0.242. The number of hydrogen-bond donors (Lipinski definition) is 2. The summed E-state index contributed by atoms with van der Waals surface area (Å²) in [5.41, 5.74) is 9.28. The predicted molar refractivity (Wildman–Crippen MR) is 82.2 cm³/mol. The van der Waals surface area contributed by atoms with Gasteiger partial charge in [-0.1, -0.05) is 6.07 Å². The number of carbonyl (C=O) groups is 1. The number of nitrogens with one attached hydrogen (secondary N) is 1. The van der Waals surface area contributed by atoms with Crippen LogP contribution in [0.4, 0.5) is 11.4 Å². The van der Waals surface area contributed by atoms with Crippen LogP contribution in [0.25, 0.3) is 0 Å². The molecule has 0 radical (unpaired) electrons. The Labute approximate surface area is 122 Å². The van der Waals surface area contributed by atoms with E-state index in [1.165, 1.54) is 40.4 Å². The predicted octanol–water partition coefficient (Wildman–Crippen LogP) is 1.56. The number of pyridine rings is 1. The Morgan fingerprint density at radius 3 is 2.86 bits per heavy atom. The molecule has 1 aromatic carbocycles. The number of carbonyl (C=O) groups excluding carboxylic acids is 1. The molecular weight excluding hydrogens is 266 g/mol. The average Bonchev–Trinajstić information content (AvgIpc) is 2.90. The van der Waals surface area contributed by atoms with Crippen molar-refractivity contribution in [3.63, 3.8) is 0 Å². The monoisotopic (exact) mass is 283 g/mol. The number of hydrogen-bond acceptors (Lipinski definition) is 3. The van der Waals surface area contributed by atoms with Crippen LogP contribution >= 0.6 is 0 Å². The average molecular weight is 283 g/mol. The minimum absolute atomic E-state index is 0.0407. The Morgan fingerprint density at radius 1 is 1.19 bits per heavy atom. The second-order valence-corrected chi connectivity index (χ2v) is 5.31. The van der Waals surface area contributed by atoms with E-state index in [0.717, 1.165) is 18.5 Å². The lowest BCUT2D eigenvalue weighted by atomic mass is 10.1. The van der Waals surface area contributed by atoms with Gasteiger partial charge in [0, 0.05) is 23.6 Å². The van der Waals surface area contributed by atoms with E-state index in [-0.39, 0.29) is 18.0 Å². The van der Waals surface area contributed by atoms with Gasteiger partial charge in [0.1, 0.15) is 6.54 Å². The fourth-order valence-corrected chi connectivity index (χ4v) is 2.68. The van der Waals surface area contributed by atoms with Gasteiger partial charge in [-0.3, -0.25) is 9.59 Å². The van der Waals surface area contributed by atoms with Crippen molar-refractivity contribution in [2.45, 2.75) is 25.8 Å². The highest BCUT2D eigenvalue weighted by Gasteiger charge is 2.12. The zero-order chi connectivity index (χ0) is 14.8. The molecule has 108 valence electrons. The number of aryl methyl sites for hydroxylation is 2. The quantitative estimate of drug-likeness (QED) is 0.897. The van der Waals surface area contributed by atoms with E-state index >= 15 is 0 Å². The van der Waals surface area contributed by atoms with Gasteiger partial charge in [0.05, 0.1) is 0 Å². The third kappa shape index (κ3) is 2.97. The van der Waals surface area contributed by atoms with Gasteiger partial charge >= 0.3 is 0 Å². The molecule has 1 aromatic heterocycles. The molecular formula is C16H17N3O2. The van der Waals surface area contributed by atoms with Crippen molar-refractivity contribution in [2.75, 3.05) is 11.1 Å². The normalized spacial score (nSPS) is 13.0. The highest BCUT2D eigenvalue weighted by Crippen LogP contribution is 2.24. The van der Waals surface area contributed by atoms with Crippen LogP contribution in [0.1, 0.15) is 17.5 Å². The standard InChI is InChI=1S/C16H17N3O2/c17-13-5-7-16(21)19(9-13)10-15(20)18-14-6-4-11-2-1-3-12(11)8-14/h4-9H,1-3,10,17H2,(H,18,20). The van der Waals surface area contributed by atoms with E-state index in [2.05, 4.69) is 11.4 Å². The maximum Gasteiger partial charge on any atom is 0.251 e. The van der Waals surface area contributed by atoms with Crippen molar-refractivity contribution in [1.29, 1.82) is 0 Å². The highest BCUT2D eigenvalue weighted by atomic mass is 16.2. The molecule has 3 rings (SSSR count). The molecule has 0 atom stereocenters. The molecule has 0 saturated carbocycles. The van der Waals surface area contributed by atoms with Gasteiger partial charge in [-0.05, 0) is 48.6 Å². The number of nitrogens with two attached hydrogens (primary N) is 1. The third-order valence-corrected chi connectivity index (χ3v) is 3.70. The van der Waals surface area contributed by atoms with Gasteiger partial charge in [-0.2, -0.15) is 0 Å². The fourth-order valence-electron chi connectivity index (χ4n) is 2.68. The number of nitrogens with zero attached hydrogens (tertiary/aromatic N) is 1. The molecule has 5 heteroatoms. The minimum Gasteiger partial charge on any atom is -0.398 e. The summed E-state index contributed by atoms with van der Waals surface area (Å²) in [5, 5.41) is 2.83. The number of anilines is 2. The molecule has 0 fully saturated rings. The molecule has 2 aromatic rings. The molecule has 1 heterocycles. The number of rotatable bonds is 3. The molecule has 5 nitrogen and oxygen atoms in total. The van der Waals surface area contributed by atoms with Gasteiger partial charge in [-0.15, -0.1) is 0 Å². The van der Waals surface area contributed by atoms with Crippen molar-refractivity contribution in [3.05, 3.63) is 58.0 Å². The summed E-state index contributed by atoms with van der Waals surface area (Å²) in [4.78, 5) is 23.7. The Kier molecular flexibility index (Phi) is 3.48. The maximum atomic E-state index is 12.0. The Bertz CT molecular complexity index is 749. The first kappa shape index (κ1) is 13.4. The molecule has 0 bridgehead atoms. The number of amides is 1. The molecule has 1 amide bonds. The Morgan fingerprint density at radius 2 is 2.00 bits per heavy atom. The molecule has 1 aliphatic carbocycles. The Hall–Kier alpha value is -2.56. The molecule has 21 heavy (non-hydrogen) atoms. The first-order valence-electron chi connectivity index (χ1n) is 6.99. The summed E-state index contributed by atoms with van der Waals surface area (Å²) in [5.74, 6) is -0.236. The molecule has 1 aliphatic rings. The lowest BCUT2D eigenvalue weighted by Crippen LogP contribution is -2.27. The van der Waals surface area contributed by atoms with Gasteiger partial charge < -0.3 is 15.6 Å². The van der Waals surface area contributed by atoms with E-state index in [1.807, 2.05) is 12.1 Å². The van der Waals surface area contributed by atoms with Crippen LogP contribution in [-0.4, -0.2) is 10.5 Å². The van der Waals surface area contributed by atoms with Crippen LogP contribution in [0.5, 0.6) is 0 Å². The SMILES string of the molecule is Nc1ccc(=O)n(CC(=O)Nc2ccc3c(c2)CCC3)c1. The summed E-state index contributed by atoms with van der Waals surface area (Å²) >= 11 is 0. The van der Waals surface area contributed by atoms with Crippen molar-refractivity contribution in [2.24, 2.45) is 0 Å². The van der Waals surface area contributed by atoms with Crippen LogP contribution in [-0.2, 0) is 24.2 Å². The van der Waals surface area contributed by atoms with E-state index < -0.39 is 0 Å². The van der Waals surface area contributed by atoms with Crippen LogP contribution in [0, 0.1) is 0 Å². The summed E-state index contributed by atoms with van der Waals surface area (Å²) in [6.45, 7) is -0.0407. The van der Waals surface area contributed by atoms with Crippen molar-refractivity contribution < 1.29 is 4.79 Å². The van der Waals surface area contributed by atoms with E-state index in [1.54, 1.807) is 0 Å².